The van der Waals surface area contributed by atoms with Crippen LogP contribution in [0.2, 0.25) is 0 Å². The molecule has 2 unspecified atom stereocenters. The van der Waals surface area contributed by atoms with Gasteiger partial charge in [-0.3, -0.25) is 4.90 Å². The molecule has 0 radical (unpaired) electrons. The van der Waals surface area contributed by atoms with E-state index in [1.54, 1.807) is 18.7 Å². The van der Waals surface area contributed by atoms with E-state index >= 15 is 0 Å². The fourth-order valence-electron chi connectivity index (χ4n) is 1.36. The summed E-state index contributed by atoms with van der Waals surface area (Å²) in [4.78, 5) is 1.58. The van der Waals surface area contributed by atoms with Gasteiger partial charge in [-0.15, -0.1) is 0 Å². The minimum atomic E-state index is -4.59. The summed E-state index contributed by atoms with van der Waals surface area (Å²) in [7, 11) is 0. The fraction of sp³-hybridized carbons (Fsp3) is 1.00. The molecular formula is C9H18F3NO. The van der Waals surface area contributed by atoms with Crippen molar-refractivity contribution in [2.24, 2.45) is 0 Å². The summed E-state index contributed by atoms with van der Waals surface area (Å²) < 4.78 is 37.3. The van der Waals surface area contributed by atoms with Gasteiger partial charge < -0.3 is 5.11 Å². The van der Waals surface area contributed by atoms with Crippen molar-refractivity contribution in [3.05, 3.63) is 0 Å². The average molecular weight is 213 g/mol. The third-order valence-corrected chi connectivity index (χ3v) is 2.75. The molecule has 0 aliphatic rings. The SMILES string of the molecule is CCN(CC)C(C)C(C)(O)C(F)(F)F. The second-order valence-corrected chi connectivity index (χ2v) is 3.54. The molecule has 0 bridgehead atoms. The van der Waals surface area contributed by atoms with E-state index in [2.05, 4.69) is 0 Å². The maximum absolute atomic E-state index is 12.4. The molecule has 0 saturated heterocycles. The molecule has 0 heterocycles. The molecule has 0 aromatic heterocycles. The Balaban J connectivity index is 4.73. The molecule has 0 spiro atoms. The zero-order chi connectivity index (χ0) is 11.6. The van der Waals surface area contributed by atoms with Crippen LogP contribution in [-0.4, -0.2) is 40.9 Å². The fourth-order valence-corrected chi connectivity index (χ4v) is 1.36. The Morgan fingerprint density at radius 2 is 1.57 bits per heavy atom. The predicted octanol–water partition coefficient (Wildman–Crippen LogP) is 2.03. The molecule has 0 aromatic rings. The Morgan fingerprint density at radius 1 is 1.21 bits per heavy atom. The zero-order valence-corrected chi connectivity index (χ0v) is 9.02. The van der Waals surface area contributed by atoms with Crippen molar-refractivity contribution in [1.82, 2.24) is 4.90 Å². The normalized spacial score (nSPS) is 19.5. The van der Waals surface area contributed by atoms with Gasteiger partial charge in [0.25, 0.3) is 0 Å². The van der Waals surface area contributed by atoms with Gasteiger partial charge >= 0.3 is 6.18 Å². The maximum atomic E-state index is 12.4. The number of hydrogen-bond donors (Lipinski definition) is 1. The van der Waals surface area contributed by atoms with Gasteiger partial charge in [0, 0.05) is 6.04 Å². The molecule has 0 rings (SSSR count). The topological polar surface area (TPSA) is 23.5 Å². The number of likely N-dealkylation sites (N-methyl/N-ethyl adjacent to an activating group) is 1. The van der Waals surface area contributed by atoms with Crippen LogP contribution in [0.5, 0.6) is 0 Å². The van der Waals surface area contributed by atoms with Crippen LogP contribution in [0.25, 0.3) is 0 Å². The van der Waals surface area contributed by atoms with Gasteiger partial charge in [-0.1, -0.05) is 13.8 Å². The summed E-state index contributed by atoms with van der Waals surface area (Å²) in [6, 6.07) is -0.933. The van der Waals surface area contributed by atoms with Crippen LogP contribution in [0.4, 0.5) is 13.2 Å². The van der Waals surface area contributed by atoms with Crippen LogP contribution in [0.3, 0.4) is 0 Å². The van der Waals surface area contributed by atoms with Crippen LogP contribution in [0.15, 0.2) is 0 Å². The van der Waals surface area contributed by atoms with E-state index in [1.165, 1.54) is 6.92 Å². The molecular weight excluding hydrogens is 195 g/mol. The van der Waals surface area contributed by atoms with Crippen molar-refractivity contribution in [2.45, 2.75) is 45.5 Å². The number of nitrogens with zero attached hydrogens (tertiary/aromatic N) is 1. The number of hydrogen-bond acceptors (Lipinski definition) is 2. The van der Waals surface area contributed by atoms with E-state index in [9.17, 15) is 18.3 Å². The van der Waals surface area contributed by atoms with Crippen molar-refractivity contribution >= 4 is 0 Å². The van der Waals surface area contributed by atoms with Gasteiger partial charge in [-0.05, 0) is 26.9 Å². The second kappa shape index (κ2) is 4.49. The first kappa shape index (κ1) is 13.7. The third kappa shape index (κ3) is 2.60. The highest BCUT2D eigenvalue weighted by molar-refractivity contribution is 4.92. The summed E-state index contributed by atoms with van der Waals surface area (Å²) >= 11 is 0. The lowest BCUT2D eigenvalue weighted by atomic mass is 9.96. The second-order valence-electron chi connectivity index (χ2n) is 3.54. The number of aliphatic hydroxyl groups is 1. The Kier molecular flexibility index (Phi) is 4.39. The highest BCUT2D eigenvalue weighted by Gasteiger charge is 2.54. The van der Waals surface area contributed by atoms with Crippen molar-refractivity contribution < 1.29 is 18.3 Å². The summed E-state index contributed by atoms with van der Waals surface area (Å²) in [6.45, 7) is 6.73. The standard InChI is InChI=1S/C9H18F3NO/c1-5-13(6-2)7(3)8(4,14)9(10,11)12/h7,14H,5-6H2,1-4H3. The lowest BCUT2D eigenvalue weighted by molar-refractivity contribution is -0.271. The highest BCUT2D eigenvalue weighted by atomic mass is 19.4. The van der Waals surface area contributed by atoms with Crippen LogP contribution in [-0.2, 0) is 0 Å². The number of alkyl halides is 3. The van der Waals surface area contributed by atoms with Crippen LogP contribution in [0.1, 0.15) is 27.7 Å². The summed E-state index contributed by atoms with van der Waals surface area (Å²) in [5.74, 6) is 0. The van der Waals surface area contributed by atoms with Crippen LogP contribution in [0, 0.1) is 0 Å². The van der Waals surface area contributed by atoms with Crippen molar-refractivity contribution in [1.29, 1.82) is 0 Å². The molecule has 0 aliphatic carbocycles. The van der Waals surface area contributed by atoms with Crippen molar-refractivity contribution in [2.75, 3.05) is 13.1 Å². The molecule has 2 atom stereocenters. The quantitative estimate of drug-likeness (QED) is 0.772. The van der Waals surface area contributed by atoms with Crippen LogP contribution < -0.4 is 0 Å². The Morgan fingerprint density at radius 3 is 1.79 bits per heavy atom. The first-order chi connectivity index (χ1) is 6.18. The van der Waals surface area contributed by atoms with Gasteiger partial charge in [-0.25, -0.2) is 0 Å². The van der Waals surface area contributed by atoms with E-state index in [0.29, 0.717) is 13.1 Å². The average Bonchev–Trinajstić information content (AvgIpc) is 2.04. The molecule has 0 saturated carbocycles. The molecule has 0 aromatic carbocycles. The monoisotopic (exact) mass is 213 g/mol. The van der Waals surface area contributed by atoms with Gasteiger partial charge in [0.15, 0.2) is 5.60 Å². The first-order valence-corrected chi connectivity index (χ1v) is 4.71. The summed E-state index contributed by atoms with van der Waals surface area (Å²) in [5, 5.41) is 9.39. The Hall–Kier alpha value is -0.290. The third-order valence-electron chi connectivity index (χ3n) is 2.75. The highest BCUT2D eigenvalue weighted by Crippen LogP contribution is 2.34. The first-order valence-electron chi connectivity index (χ1n) is 4.71. The maximum Gasteiger partial charge on any atom is 0.418 e. The molecule has 0 aliphatic heterocycles. The molecule has 0 amide bonds. The molecule has 14 heavy (non-hydrogen) atoms. The van der Waals surface area contributed by atoms with Crippen molar-refractivity contribution in [3.63, 3.8) is 0 Å². The number of rotatable bonds is 4. The Bertz CT molecular complexity index is 175. The lowest BCUT2D eigenvalue weighted by Gasteiger charge is -2.38. The summed E-state index contributed by atoms with van der Waals surface area (Å²) in [6.07, 6.45) is -4.59. The van der Waals surface area contributed by atoms with Gasteiger partial charge in [0.1, 0.15) is 0 Å². The smallest absolute Gasteiger partial charge is 0.379 e. The van der Waals surface area contributed by atoms with E-state index < -0.39 is 17.8 Å². The largest absolute Gasteiger partial charge is 0.418 e. The summed E-state index contributed by atoms with van der Waals surface area (Å²) in [5.41, 5.74) is -2.65. The van der Waals surface area contributed by atoms with Gasteiger partial charge in [0.2, 0.25) is 0 Å². The van der Waals surface area contributed by atoms with E-state index in [-0.39, 0.29) is 0 Å². The molecule has 86 valence electrons. The minimum absolute atomic E-state index is 0.490. The predicted molar refractivity (Wildman–Crippen MR) is 49.1 cm³/mol. The van der Waals surface area contributed by atoms with Gasteiger partial charge in [0.05, 0.1) is 0 Å². The zero-order valence-electron chi connectivity index (χ0n) is 9.02. The van der Waals surface area contributed by atoms with Crippen molar-refractivity contribution in [3.8, 4) is 0 Å². The molecule has 5 heteroatoms. The van der Waals surface area contributed by atoms with E-state index in [0.717, 1.165) is 6.92 Å². The molecule has 0 fully saturated rings. The van der Waals surface area contributed by atoms with E-state index in [4.69, 9.17) is 0 Å². The lowest BCUT2D eigenvalue weighted by Crippen LogP contribution is -2.57. The van der Waals surface area contributed by atoms with Crippen LogP contribution >= 0.6 is 0 Å². The Labute approximate surface area is 82.7 Å². The molecule has 2 nitrogen and oxygen atoms in total. The van der Waals surface area contributed by atoms with E-state index in [1.807, 2.05) is 0 Å². The number of halogens is 3. The minimum Gasteiger partial charge on any atom is -0.379 e. The van der Waals surface area contributed by atoms with Gasteiger partial charge in [-0.2, -0.15) is 13.2 Å². The molecule has 1 N–H and O–H groups in total.